The van der Waals surface area contributed by atoms with Gasteiger partial charge in [-0.1, -0.05) is 37.1 Å². The van der Waals surface area contributed by atoms with Gasteiger partial charge in [-0.15, -0.1) is 0 Å². The van der Waals surface area contributed by atoms with Crippen LogP contribution in [0.3, 0.4) is 0 Å². The van der Waals surface area contributed by atoms with Crippen molar-refractivity contribution in [3.8, 4) is 0 Å². The molecule has 22 heavy (non-hydrogen) atoms. The monoisotopic (exact) mass is 299 g/mol. The van der Waals surface area contributed by atoms with Gasteiger partial charge >= 0.3 is 0 Å². The number of benzene rings is 1. The van der Waals surface area contributed by atoms with E-state index in [2.05, 4.69) is 40.0 Å². The summed E-state index contributed by atoms with van der Waals surface area (Å²) >= 11 is 0. The number of nitrogens with one attached hydrogen (secondary N) is 2. The second-order valence-electron chi connectivity index (χ2n) is 6.88. The zero-order valence-corrected chi connectivity index (χ0v) is 13.1. The number of fused-ring (bicyclic) bond motifs is 3. The van der Waals surface area contributed by atoms with Crippen molar-refractivity contribution in [1.82, 2.24) is 15.8 Å². The highest BCUT2D eigenvalue weighted by Gasteiger charge is 2.44. The molecular formula is C18H25N3O. The molecule has 2 heterocycles. The topological polar surface area (TPSA) is 44.4 Å². The number of amides is 1. The molecule has 2 N–H and O–H groups in total. The van der Waals surface area contributed by atoms with Crippen LogP contribution in [0.5, 0.6) is 0 Å². The zero-order chi connectivity index (χ0) is 14.9. The number of hydrogen-bond acceptors (Lipinski definition) is 3. The average molecular weight is 299 g/mol. The SMILES string of the molecule is O=C(C1NNC2c3ccccc3CCC12)N1CCCCCC1. The van der Waals surface area contributed by atoms with Crippen molar-refractivity contribution in [3.63, 3.8) is 0 Å². The van der Waals surface area contributed by atoms with E-state index in [0.717, 1.165) is 38.8 Å². The summed E-state index contributed by atoms with van der Waals surface area (Å²) in [6, 6.07) is 8.87. The second-order valence-corrected chi connectivity index (χ2v) is 6.88. The third kappa shape index (κ3) is 2.44. The predicted octanol–water partition coefficient (Wildman–Crippen LogP) is 2.17. The van der Waals surface area contributed by atoms with E-state index in [-0.39, 0.29) is 12.1 Å². The van der Waals surface area contributed by atoms with Gasteiger partial charge in [0.2, 0.25) is 5.91 Å². The molecule has 0 aromatic heterocycles. The molecule has 2 aliphatic heterocycles. The van der Waals surface area contributed by atoms with Crippen LogP contribution < -0.4 is 10.9 Å². The van der Waals surface area contributed by atoms with E-state index in [9.17, 15) is 4.79 Å². The summed E-state index contributed by atoms with van der Waals surface area (Å²) in [7, 11) is 0. The fraction of sp³-hybridized carbons (Fsp3) is 0.611. The van der Waals surface area contributed by atoms with Crippen molar-refractivity contribution in [2.75, 3.05) is 13.1 Å². The number of hydrazine groups is 1. The number of hydrogen-bond donors (Lipinski definition) is 2. The van der Waals surface area contributed by atoms with E-state index in [1.165, 1.54) is 24.0 Å². The Hall–Kier alpha value is -1.39. The Morgan fingerprint density at radius 2 is 1.82 bits per heavy atom. The number of carbonyl (C=O) groups excluding carboxylic acids is 1. The van der Waals surface area contributed by atoms with Crippen LogP contribution in [0.15, 0.2) is 24.3 Å². The normalized spacial score (nSPS) is 31.3. The summed E-state index contributed by atoms with van der Waals surface area (Å²) < 4.78 is 0. The standard InChI is InChI=1S/C18H25N3O/c22-18(21-11-5-1-2-6-12-21)17-15-10-9-13-7-3-4-8-14(13)16(15)19-20-17/h3-4,7-8,15-17,19-20H,1-2,5-6,9-12H2. The van der Waals surface area contributed by atoms with Crippen molar-refractivity contribution >= 4 is 5.91 Å². The summed E-state index contributed by atoms with van der Waals surface area (Å²) in [5.41, 5.74) is 9.52. The third-order valence-corrected chi connectivity index (χ3v) is 5.57. The molecule has 4 heteroatoms. The van der Waals surface area contributed by atoms with E-state index in [0.29, 0.717) is 11.8 Å². The Morgan fingerprint density at radius 1 is 1.05 bits per heavy atom. The lowest BCUT2D eigenvalue weighted by atomic mass is 9.77. The fourth-order valence-corrected chi connectivity index (χ4v) is 4.35. The van der Waals surface area contributed by atoms with E-state index < -0.39 is 0 Å². The van der Waals surface area contributed by atoms with Crippen LogP contribution in [0, 0.1) is 5.92 Å². The molecule has 1 aromatic carbocycles. The van der Waals surface area contributed by atoms with Crippen molar-refractivity contribution in [1.29, 1.82) is 0 Å². The first-order valence-electron chi connectivity index (χ1n) is 8.72. The molecule has 4 rings (SSSR count). The van der Waals surface area contributed by atoms with Crippen molar-refractivity contribution in [3.05, 3.63) is 35.4 Å². The maximum atomic E-state index is 12.9. The predicted molar refractivity (Wildman–Crippen MR) is 86.1 cm³/mol. The van der Waals surface area contributed by atoms with Gasteiger partial charge in [-0.3, -0.25) is 4.79 Å². The number of carbonyl (C=O) groups is 1. The number of aryl methyl sites for hydroxylation is 1. The molecule has 3 aliphatic rings. The molecule has 1 aliphatic carbocycles. The highest BCUT2D eigenvalue weighted by Crippen LogP contribution is 2.39. The van der Waals surface area contributed by atoms with Crippen molar-refractivity contribution in [2.24, 2.45) is 5.92 Å². The van der Waals surface area contributed by atoms with Crippen LogP contribution in [0.25, 0.3) is 0 Å². The quantitative estimate of drug-likeness (QED) is 0.835. The molecule has 4 nitrogen and oxygen atoms in total. The van der Waals surface area contributed by atoms with Crippen molar-refractivity contribution < 1.29 is 4.79 Å². The zero-order valence-electron chi connectivity index (χ0n) is 13.1. The van der Waals surface area contributed by atoms with Crippen LogP contribution in [0.2, 0.25) is 0 Å². The third-order valence-electron chi connectivity index (χ3n) is 5.57. The molecule has 118 valence electrons. The van der Waals surface area contributed by atoms with Crippen molar-refractivity contribution in [2.45, 2.75) is 50.6 Å². The summed E-state index contributed by atoms with van der Waals surface area (Å²) in [6.45, 7) is 1.87. The van der Waals surface area contributed by atoms with Gasteiger partial charge in [0.05, 0.1) is 6.04 Å². The molecular weight excluding hydrogens is 274 g/mol. The lowest BCUT2D eigenvalue weighted by molar-refractivity contribution is -0.134. The van der Waals surface area contributed by atoms with Gasteiger partial charge in [-0.2, -0.15) is 0 Å². The smallest absolute Gasteiger partial charge is 0.241 e. The highest BCUT2D eigenvalue weighted by atomic mass is 16.2. The largest absolute Gasteiger partial charge is 0.341 e. The van der Waals surface area contributed by atoms with Crippen LogP contribution >= 0.6 is 0 Å². The van der Waals surface area contributed by atoms with Gasteiger partial charge in [0.15, 0.2) is 0 Å². The molecule has 3 atom stereocenters. The minimum Gasteiger partial charge on any atom is -0.341 e. The maximum absolute atomic E-state index is 12.9. The number of likely N-dealkylation sites (tertiary alicyclic amines) is 1. The fourth-order valence-electron chi connectivity index (χ4n) is 4.35. The molecule has 0 spiro atoms. The van der Waals surface area contributed by atoms with Gasteiger partial charge in [0.25, 0.3) is 0 Å². The summed E-state index contributed by atoms with van der Waals surface area (Å²) in [6.07, 6.45) is 7.02. The summed E-state index contributed by atoms with van der Waals surface area (Å²) in [4.78, 5) is 15.0. The van der Waals surface area contributed by atoms with Crippen LogP contribution in [-0.2, 0) is 11.2 Å². The molecule has 1 aromatic rings. The maximum Gasteiger partial charge on any atom is 0.241 e. The first kappa shape index (κ1) is 14.2. The molecule has 0 radical (unpaired) electrons. The number of rotatable bonds is 1. The molecule has 0 bridgehead atoms. The van der Waals surface area contributed by atoms with Gasteiger partial charge < -0.3 is 4.90 Å². The number of nitrogens with zero attached hydrogens (tertiary/aromatic N) is 1. The van der Waals surface area contributed by atoms with E-state index in [4.69, 9.17) is 0 Å². The van der Waals surface area contributed by atoms with E-state index in [1.54, 1.807) is 0 Å². The van der Waals surface area contributed by atoms with Gasteiger partial charge in [0, 0.05) is 19.0 Å². The molecule has 3 unspecified atom stereocenters. The Bertz CT molecular complexity index is 551. The Morgan fingerprint density at radius 3 is 2.64 bits per heavy atom. The van der Waals surface area contributed by atoms with Gasteiger partial charge in [0.1, 0.15) is 6.04 Å². The average Bonchev–Trinajstić information content (AvgIpc) is 2.81. The lowest BCUT2D eigenvalue weighted by Gasteiger charge is -2.31. The molecule has 2 saturated heterocycles. The highest BCUT2D eigenvalue weighted by molar-refractivity contribution is 5.83. The second kappa shape index (κ2) is 6.01. The van der Waals surface area contributed by atoms with E-state index >= 15 is 0 Å². The molecule has 2 fully saturated rings. The van der Waals surface area contributed by atoms with Crippen LogP contribution in [0.1, 0.15) is 49.3 Å². The Balaban J connectivity index is 1.52. The van der Waals surface area contributed by atoms with Gasteiger partial charge in [-0.25, -0.2) is 10.9 Å². The minimum atomic E-state index is -0.0588. The van der Waals surface area contributed by atoms with E-state index in [1.807, 2.05) is 0 Å². The minimum absolute atomic E-state index is 0.0588. The Labute approximate surface area is 132 Å². The first-order chi connectivity index (χ1) is 10.8. The molecule has 1 amide bonds. The van der Waals surface area contributed by atoms with Crippen LogP contribution in [-0.4, -0.2) is 29.9 Å². The lowest BCUT2D eigenvalue weighted by Crippen LogP contribution is -2.48. The van der Waals surface area contributed by atoms with Gasteiger partial charge in [-0.05, 0) is 36.8 Å². The molecule has 0 saturated carbocycles. The summed E-state index contributed by atoms with van der Waals surface area (Å²) in [5, 5.41) is 0. The van der Waals surface area contributed by atoms with Crippen LogP contribution in [0.4, 0.5) is 0 Å². The first-order valence-corrected chi connectivity index (χ1v) is 8.72. The Kier molecular flexibility index (Phi) is 3.89. The summed E-state index contributed by atoms with van der Waals surface area (Å²) in [5.74, 6) is 0.687.